The van der Waals surface area contributed by atoms with Crippen LogP contribution < -0.4 is 5.14 Å². The van der Waals surface area contributed by atoms with Crippen molar-refractivity contribution in [1.82, 2.24) is 29.4 Å². The molecule has 20 heteroatoms. The third-order valence-electron chi connectivity index (χ3n) is 13.7. The molecule has 0 bridgehead atoms. The molecule has 0 atom stereocenters. The average Bonchev–Trinajstić information content (AvgIpc) is 3.77. The van der Waals surface area contributed by atoms with Crippen molar-refractivity contribution < 1.29 is 49.9 Å². The van der Waals surface area contributed by atoms with Crippen LogP contribution in [0.4, 0.5) is 8.78 Å². The molecule has 69 heavy (non-hydrogen) atoms. The number of carbonyl (C=O) groups excluding carboxylic acids is 3. The van der Waals surface area contributed by atoms with E-state index in [1.54, 1.807) is 24.3 Å². The van der Waals surface area contributed by atoms with Crippen molar-refractivity contribution in [1.29, 1.82) is 0 Å². The Balaban J connectivity index is 0.000000208. The summed E-state index contributed by atoms with van der Waals surface area (Å²) >= 11 is 0. The number of nitrogens with two attached hydrogens (primary N) is 1. The van der Waals surface area contributed by atoms with Crippen LogP contribution in [0.3, 0.4) is 0 Å². The lowest BCUT2D eigenvalue weighted by Gasteiger charge is -2.32. The second kappa shape index (κ2) is 23.1. The summed E-state index contributed by atoms with van der Waals surface area (Å²) in [5.41, 5.74) is 8.40. The van der Waals surface area contributed by atoms with Gasteiger partial charge in [-0.25, -0.2) is 30.8 Å². The molecule has 0 radical (unpaired) electrons. The van der Waals surface area contributed by atoms with E-state index >= 15 is 0 Å². The molecule has 376 valence electrons. The second-order valence-corrected chi connectivity index (χ2v) is 23.1. The summed E-state index contributed by atoms with van der Waals surface area (Å²) in [6.07, 6.45) is 10.3. The van der Waals surface area contributed by atoms with Gasteiger partial charge in [0, 0.05) is 38.1 Å². The van der Waals surface area contributed by atoms with E-state index in [0.29, 0.717) is 77.8 Å². The number of carboxylic acid groups (broad SMARTS) is 1. The van der Waals surface area contributed by atoms with Gasteiger partial charge in [-0.05, 0) is 136 Å². The number of aliphatic carboxylic acids is 1. The lowest BCUT2D eigenvalue weighted by molar-refractivity contribution is -0.143. The number of carbonyl (C=O) groups is 4. The monoisotopic (exact) mass is 997 g/mol. The molecule has 8 rings (SSSR count). The topological polar surface area (TPSA) is 225 Å². The van der Waals surface area contributed by atoms with Crippen LogP contribution in [0, 0.1) is 49.2 Å². The molecule has 16 nitrogen and oxygen atoms in total. The minimum absolute atomic E-state index is 0.115. The number of benzene rings is 2. The Morgan fingerprint density at radius 2 is 1.00 bits per heavy atom. The number of ketones is 1. The molecular formula is C49H65F2N7O9S2. The zero-order chi connectivity index (χ0) is 50.2. The molecule has 2 amide bonds. The van der Waals surface area contributed by atoms with Crippen LogP contribution in [-0.2, 0) is 78.1 Å². The first-order chi connectivity index (χ1) is 32.5. The van der Waals surface area contributed by atoms with Crippen molar-refractivity contribution in [2.75, 3.05) is 31.4 Å². The van der Waals surface area contributed by atoms with Gasteiger partial charge in [0.05, 0.1) is 61.1 Å². The summed E-state index contributed by atoms with van der Waals surface area (Å²) in [7, 11) is -6.47. The number of carboxylic acids is 1. The molecule has 2 aliphatic heterocycles. The van der Waals surface area contributed by atoms with Gasteiger partial charge in [0.1, 0.15) is 17.4 Å². The van der Waals surface area contributed by atoms with Crippen LogP contribution in [0.5, 0.6) is 0 Å². The van der Waals surface area contributed by atoms with Gasteiger partial charge in [-0.15, -0.1) is 0 Å². The first-order valence-corrected chi connectivity index (χ1v) is 27.6. The number of hydrogen-bond acceptors (Lipinski definition) is 10. The maximum Gasteiger partial charge on any atom is 0.306 e. The molecule has 4 aliphatic rings. The van der Waals surface area contributed by atoms with Crippen molar-refractivity contribution in [3.63, 3.8) is 0 Å². The summed E-state index contributed by atoms with van der Waals surface area (Å²) in [6, 6.07) is 12.8. The summed E-state index contributed by atoms with van der Waals surface area (Å²) in [6.45, 7) is 7.48. The number of Topliss-reactive ketones (excluding diaryl/α,β-unsaturated/α-hetero) is 1. The molecule has 2 fully saturated rings. The Morgan fingerprint density at radius 3 is 1.35 bits per heavy atom. The second-order valence-electron chi connectivity index (χ2n) is 19.3. The van der Waals surface area contributed by atoms with E-state index in [1.807, 2.05) is 33.0 Å². The largest absolute Gasteiger partial charge is 0.481 e. The molecule has 2 saturated carbocycles. The van der Waals surface area contributed by atoms with Crippen molar-refractivity contribution in [3.8, 4) is 0 Å². The van der Waals surface area contributed by atoms with Crippen LogP contribution in [0.25, 0.3) is 0 Å². The predicted octanol–water partition coefficient (Wildman–Crippen LogP) is 5.52. The van der Waals surface area contributed by atoms with Gasteiger partial charge < -0.3 is 14.9 Å². The third-order valence-corrected chi connectivity index (χ3v) is 14.5. The highest BCUT2D eigenvalue weighted by Crippen LogP contribution is 2.34. The Bertz CT molecular complexity index is 2680. The third kappa shape index (κ3) is 15.6. The lowest BCUT2D eigenvalue weighted by atomic mass is 9.79. The zero-order valence-electron chi connectivity index (χ0n) is 39.9. The fourth-order valence-corrected chi connectivity index (χ4v) is 10.7. The molecular weight excluding hydrogens is 933 g/mol. The number of nitrogens with zero attached hydrogens (tertiary/aromatic N) is 6. The molecule has 2 aliphatic carbocycles. The average molecular weight is 998 g/mol. The molecule has 4 heterocycles. The number of sulfone groups is 1. The highest BCUT2D eigenvalue weighted by molar-refractivity contribution is 7.91. The van der Waals surface area contributed by atoms with E-state index in [1.165, 1.54) is 35.4 Å². The van der Waals surface area contributed by atoms with E-state index < -0.39 is 25.8 Å². The van der Waals surface area contributed by atoms with E-state index in [4.69, 9.17) is 5.11 Å². The number of halogens is 2. The number of aryl methyl sites for hydroxylation is 2. The number of rotatable bonds is 12. The Labute approximate surface area is 403 Å². The van der Waals surface area contributed by atoms with Crippen LogP contribution in [0.2, 0.25) is 0 Å². The quantitative estimate of drug-likeness (QED) is 0.180. The predicted molar refractivity (Wildman–Crippen MR) is 255 cm³/mol. The normalized spacial score (nSPS) is 20.3. The number of amides is 2. The molecule has 2 aromatic carbocycles. The Morgan fingerprint density at radius 1 is 0.638 bits per heavy atom. The van der Waals surface area contributed by atoms with E-state index in [-0.39, 0.29) is 58.7 Å². The van der Waals surface area contributed by atoms with Gasteiger partial charge in [-0.3, -0.25) is 28.5 Å². The van der Waals surface area contributed by atoms with Gasteiger partial charge in [0.2, 0.25) is 21.8 Å². The smallest absolute Gasteiger partial charge is 0.306 e. The Hall–Kier alpha value is -5.34. The molecule has 3 N–H and O–H groups in total. The van der Waals surface area contributed by atoms with E-state index in [9.17, 15) is 44.8 Å². The fourth-order valence-electron chi connectivity index (χ4n) is 9.99. The van der Waals surface area contributed by atoms with Crippen LogP contribution >= 0.6 is 0 Å². The summed E-state index contributed by atoms with van der Waals surface area (Å²) in [4.78, 5) is 53.2. The summed E-state index contributed by atoms with van der Waals surface area (Å²) in [5.74, 6) is -1.52. The highest BCUT2D eigenvalue weighted by atomic mass is 32.2. The van der Waals surface area contributed by atoms with E-state index in [0.717, 1.165) is 84.9 Å². The molecule has 0 spiro atoms. The Kier molecular flexibility index (Phi) is 17.7. The summed E-state index contributed by atoms with van der Waals surface area (Å²) < 4.78 is 72.0. The zero-order valence-corrected chi connectivity index (χ0v) is 41.5. The van der Waals surface area contributed by atoms with Crippen molar-refractivity contribution in [2.45, 2.75) is 117 Å². The minimum Gasteiger partial charge on any atom is -0.481 e. The van der Waals surface area contributed by atoms with Crippen molar-refractivity contribution in [3.05, 3.63) is 105 Å². The van der Waals surface area contributed by atoms with Gasteiger partial charge in [-0.1, -0.05) is 24.3 Å². The van der Waals surface area contributed by atoms with Crippen molar-refractivity contribution in [2.24, 2.45) is 28.8 Å². The SMILES string of the molecule is CS(N)(=O)=O.Cc1nn(Cc2ccc(F)cc2)c2c1CCN(C(=O)CC1CCC(C(=O)CS(C)(=O)=O)CC1)C2.Cc1nn(Cc2ccc(F)cc2)c2c1CCN(C(=O)CC1CCC(C(=O)O)CC1)C2. The molecule has 4 aromatic rings. The van der Waals surface area contributed by atoms with E-state index in [2.05, 4.69) is 15.3 Å². The number of hydrogen-bond donors (Lipinski definition) is 2. The number of aromatic nitrogens is 4. The van der Waals surface area contributed by atoms with Crippen LogP contribution in [0.1, 0.15) is 109 Å². The maximum atomic E-state index is 13.3. The number of sulfonamides is 1. The fraction of sp³-hybridized carbons (Fsp3) is 0.551. The molecule has 0 saturated heterocycles. The van der Waals surface area contributed by atoms with Gasteiger partial charge in [-0.2, -0.15) is 10.2 Å². The van der Waals surface area contributed by atoms with Gasteiger partial charge >= 0.3 is 5.97 Å². The number of fused-ring (bicyclic) bond motifs is 2. The first-order valence-electron chi connectivity index (χ1n) is 23.5. The molecule has 2 aromatic heterocycles. The standard InChI is InChI=1S/C25H32FN3O4S.C23H28FN3O3.CH5NO2S/c1-17-22-11-12-28(15-23(22)29(27-17)14-19-5-9-21(26)10-6-19)25(31)13-18-3-7-20(8-4-18)24(30)16-34(2,32)33;1-15-20-10-11-26(22(28)12-16-2-6-18(7-3-16)23(29)30)14-21(20)27(25-15)13-17-4-8-19(24)9-5-17;1-5(2,3)4/h5-6,9-10,18,20H,3-4,7-8,11-16H2,1-2H3;4-5,8-9,16,18H,2-3,6-7,10-14H2,1H3,(H,29,30);1H3,(H2,2,3,4). The van der Waals surface area contributed by atoms with Gasteiger partial charge in [0.15, 0.2) is 15.6 Å². The molecule has 0 unspecified atom stereocenters. The highest BCUT2D eigenvalue weighted by Gasteiger charge is 2.33. The van der Waals surface area contributed by atoms with Crippen molar-refractivity contribution >= 4 is 43.4 Å². The van der Waals surface area contributed by atoms with Gasteiger partial charge in [0.25, 0.3) is 0 Å². The summed E-state index contributed by atoms with van der Waals surface area (Å²) in [5, 5.41) is 22.8. The maximum absolute atomic E-state index is 13.3. The lowest BCUT2D eigenvalue weighted by Crippen LogP contribution is -2.38. The van der Waals surface area contributed by atoms with Crippen LogP contribution in [-0.4, -0.2) is 106 Å². The first kappa shape index (κ1) is 53.0. The van der Waals surface area contributed by atoms with Crippen LogP contribution in [0.15, 0.2) is 48.5 Å². The number of primary sulfonamides is 1. The minimum atomic E-state index is -3.30.